The van der Waals surface area contributed by atoms with Crippen molar-refractivity contribution in [2.75, 3.05) is 0 Å². The molecule has 0 radical (unpaired) electrons. The van der Waals surface area contributed by atoms with Crippen LogP contribution in [0.5, 0.6) is 0 Å². The Morgan fingerprint density at radius 3 is 1.93 bits per heavy atom. The average molecular weight is 384 g/mol. The number of hydrogen-bond acceptors (Lipinski definition) is 6. The molecule has 0 fully saturated rings. The van der Waals surface area contributed by atoms with Crippen molar-refractivity contribution in [1.82, 2.24) is 0 Å². The van der Waals surface area contributed by atoms with E-state index in [4.69, 9.17) is 5.11 Å². The SMILES string of the molecule is CCCCCCCCCCCCCC(=O)C1=C(O)[C@@H]([C@H](O)C(=O)O)OC1=O. The number of aliphatic hydroxyl groups excluding tert-OH is 2. The topological polar surface area (TPSA) is 121 Å². The quantitative estimate of drug-likeness (QED) is 0.225. The highest BCUT2D eigenvalue weighted by molar-refractivity contribution is 6.19. The molecule has 27 heavy (non-hydrogen) atoms. The molecule has 0 spiro atoms. The summed E-state index contributed by atoms with van der Waals surface area (Å²) in [6.45, 7) is 2.20. The number of Topliss-reactive ketones (excluding diaryl/α,β-unsaturated/α-hetero) is 1. The molecule has 0 aromatic rings. The minimum atomic E-state index is -2.10. The van der Waals surface area contributed by atoms with Gasteiger partial charge in [-0.3, -0.25) is 4.79 Å². The summed E-state index contributed by atoms with van der Waals surface area (Å²) in [7, 11) is 0. The zero-order chi connectivity index (χ0) is 20.2. The highest BCUT2D eigenvalue weighted by Crippen LogP contribution is 2.25. The third-order valence-corrected chi connectivity index (χ3v) is 4.79. The van der Waals surface area contributed by atoms with Gasteiger partial charge < -0.3 is 20.1 Å². The van der Waals surface area contributed by atoms with E-state index in [1.165, 1.54) is 44.9 Å². The lowest BCUT2D eigenvalue weighted by Crippen LogP contribution is -2.35. The van der Waals surface area contributed by atoms with Crippen LogP contribution >= 0.6 is 0 Å². The van der Waals surface area contributed by atoms with Crippen LogP contribution in [0.1, 0.15) is 84.0 Å². The molecular formula is C20H32O7. The molecule has 1 aliphatic rings. The molecule has 154 valence electrons. The van der Waals surface area contributed by atoms with Gasteiger partial charge in [0.25, 0.3) is 0 Å². The number of aliphatic hydroxyl groups is 2. The van der Waals surface area contributed by atoms with Gasteiger partial charge >= 0.3 is 11.9 Å². The molecule has 7 heteroatoms. The van der Waals surface area contributed by atoms with Crippen LogP contribution in [0.2, 0.25) is 0 Å². The number of unbranched alkanes of at least 4 members (excludes halogenated alkanes) is 10. The molecule has 2 atom stereocenters. The van der Waals surface area contributed by atoms with Gasteiger partial charge in [-0.15, -0.1) is 0 Å². The summed E-state index contributed by atoms with van der Waals surface area (Å²) >= 11 is 0. The number of carbonyl (C=O) groups excluding carboxylic acids is 2. The van der Waals surface area contributed by atoms with Gasteiger partial charge in [0.05, 0.1) is 0 Å². The number of cyclic esters (lactones) is 1. The first-order chi connectivity index (χ1) is 12.9. The van der Waals surface area contributed by atoms with Crippen LogP contribution in [0.15, 0.2) is 11.3 Å². The fourth-order valence-corrected chi connectivity index (χ4v) is 3.15. The lowest BCUT2D eigenvalue weighted by molar-refractivity contribution is -0.159. The van der Waals surface area contributed by atoms with Gasteiger partial charge in [-0.2, -0.15) is 0 Å². The van der Waals surface area contributed by atoms with Crippen LogP contribution in [0.3, 0.4) is 0 Å². The Hall–Kier alpha value is -1.89. The Morgan fingerprint density at radius 1 is 0.963 bits per heavy atom. The number of ether oxygens (including phenoxy) is 1. The fraction of sp³-hybridized carbons (Fsp3) is 0.750. The van der Waals surface area contributed by atoms with Crippen molar-refractivity contribution < 1.29 is 34.4 Å². The van der Waals surface area contributed by atoms with E-state index in [9.17, 15) is 24.6 Å². The largest absolute Gasteiger partial charge is 0.507 e. The summed E-state index contributed by atoms with van der Waals surface area (Å²) in [4.78, 5) is 34.6. The maximum Gasteiger partial charge on any atom is 0.346 e. The van der Waals surface area contributed by atoms with E-state index in [1.54, 1.807) is 0 Å². The van der Waals surface area contributed by atoms with E-state index < -0.39 is 41.3 Å². The second-order valence-electron chi connectivity index (χ2n) is 7.08. The molecule has 0 unspecified atom stereocenters. The molecule has 0 amide bonds. The number of carbonyl (C=O) groups is 3. The molecule has 0 saturated carbocycles. The zero-order valence-corrected chi connectivity index (χ0v) is 16.1. The van der Waals surface area contributed by atoms with Crippen molar-refractivity contribution in [1.29, 1.82) is 0 Å². The number of carboxylic acid groups (broad SMARTS) is 1. The number of esters is 1. The number of aliphatic carboxylic acids is 1. The van der Waals surface area contributed by atoms with Crippen LogP contribution in [-0.2, 0) is 19.1 Å². The third kappa shape index (κ3) is 7.71. The smallest absolute Gasteiger partial charge is 0.346 e. The van der Waals surface area contributed by atoms with Crippen molar-refractivity contribution in [2.24, 2.45) is 0 Å². The molecular weight excluding hydrogens is 352 g/mol. The third-order valence-electron chi connectivity index (χ3n) is 4.79. The van der Waals surface area contributed by atoms with E-state index in [1.807, 2.05) is 0 Å². The van der Waals surface area contributed by atoms with Crippen molar-refractivity contribution in [2.45, 2.75) is 96.2 Å². The minimum Gasteiger partial charge on any atom is -0.507 e. The fourth-order valence-electron chi connectivity index (χ4n) is 3.15. The van der Waals surface area contributed by atoms with Crippen LogP contribution < -0.4 is 0 Å². The lowest BCUT2D eigenvalue weighted by Gasteiger charge is -2.12. The van der Waals surface area contributed by atoms with Crippen LogP contribution in [0.4, 0.5) is 0 Å². The predicted octanol–water partition coefficient (Wildman–Crippen LogP) is 3.44. The molecule has 0 bridgehead atoms. The summed E-state index contributed by atoms with van der Waals surface area (Å²) in [5.74, 6) is -4.08. The van der Waals surface area contributed by atoms with Crippen molar-refractivity contribution in [3.8, 4) is 0 Å². The molecule has 3 N–H and O–H groups in total. The first kappa shape index (κ1) is 23.1. The molecule has 1 heterocycles. The standard InChI is InChI=1S/C20H32O7/c1-2-3-4-5-6-7-8-9-10-11-12-13-14(21)15-16(22)18(27-20(15)26)17(23)19(24)25/h17-18,22-23H,2-13H2,1H3,(H,24,25)/t17-,18-/m0/s1. The first-order valence-electron chi connectivity index (χ1n) is 9.98. The molecule has 1 aliphatic heterocycles. The summed E-state index contributed by atoms with van der Waals surface area (Å²) in [6, 6.07) is 0. The van der Waals surface area contributed by atoms with Gasteiger partial charge in [0.15, 0.2) is 23.8 Å². The highest BCUT2D eigenvalue weighted by Gasteiger charge is 2.44. The van der Waals surface area contributed by atoms with Crippen LogP contribution in [0.25, 0.3) is 0 Å². The second kappa shape index (κ2) is 12.5. The Morgan fingerprint density at radius 2 is 1.44 bits per heavy atom. The minimum absolute atomic E-state index is 0.0847. The Labute approximate surface area is 160 Å². The molecule has 0 saturated heterocycles. The number of ketones is 1. The Kier molecular flexibility index (Phi) is 10.7. The normalized spacial score (nSPS) is 17.9. The lowest BCUT2D eigenvalue weighted by atomic mass is 10.0. The molecule has 0 aliphatic carbocycles. The molecule has 1 rings (SSSR count). The van der Waals surface area contributed by atoms with E-state index in [2.05, 4.69) is 11.7 Å². The molecule has 0 aromatic heterocycles. The van der Waals surface area contributed by atoms with Gasteiger partial charge in [0, 0.05) is 6.42 Å². The Balaban J connectivity index is 2.23. The predicted molar refractivity (Wildman–Crippen MR) is 99.3 cm³/mol. The van der Waals surface area contributed by atoms with Gasteiger partial charge in [-0.25, -0.2) is 9.59 Å². The number of carboxylic acids is 1. The maximum absolute atomic E-state index is 12.1. The van der Waals surface area contributed by atoms with Gasteiger partial charge in [-0.1, -0.05) is 71.1 Å². The summed E-state index contributed by atoms with van der Waals surface area (Å²) < 4.78 is 4.62. The second-order valence-corrected chi connectivity index (χ2v) is 7.08. The average Bonchev–Trinajstić information content (AvgIpc) is 2.93. The van der Waals surface area contributed by atoms with E-state index >= 15 is 0 Å². The zero-order valence-electron chi connectivity index (χ0n) is 16.1. The summed E-state index contributed by atoms with van der Waals surface area (Å²) in [5.41, 5.74) is -0.535. The first-order valence-corrected chi connectivity index (χ1v) is 9.98. The maximum atomic E-state index is 12.1. The van der Waals surface area contributed by atoms with Gasteiger partial charge in [-0.05, 0) is 6.42 Å². The highest BCUT2D eigenvalue weighted by atomic mass is 16.6. The summed E-state index contributed by atoms with van der Waals surface area (Å²) in [6.07, 6.45) is 8.72. The van der Waals surface area contributed by atoms with E-state index in [0.717, 1.165) is 19.3 Å². The van der Waals surface area contributed by atoms with Crippen molar-refractivity contribution in [3.63, 3.8) is 0 Å². The van der Waals surface area contributed by atoms with E-state index in [0.29, 0.717) is 6.42 Å². The summed E-state index contributed by atoms with van der Waals surface area (Å²) in [5, 5.41) is 28.0. The van der Waals surface area contributed by atoms with Crippen molar-refractivity contribution in [3.05, 3.63) is 11.3 Å². The van der Waals surface area contributed by atoms with Crippen LogP contribution in [0, 0.1) is 0 Å². The van der Waals surface area contributed by atoms with Crippen molar-refractivity contribution >= 4 is 17.7 Å². The molecule has 0 aromatic carbocycles. The Bertz CT molecular complexity index is 538. The number of rotatable bonds is 15. The van der Waals surface area contributed by atoms with E-state index in [-0.39, 0.29) is 6.42 Å². The van der Waals surface area contributed by atoms with Gasteiger partial charge in [0.2, 0.25) is 0 Å². The van der Waals surface area contributed by atoms with Gasteiger partial charge in [0.1, 0.15) is 5.57 Å². The monoisotopic (exact) mass is 384 g/mol. The van der Waals surface area contributed by atoms with Crippen LogP contribution in [-0.4, -0.2) is 45.2 Å². The number of hydrogen-bond donors (Lipinski definition) is 3. The molecule has 7 nitrogen and oxygen atoms in total.